The molecular formula is C18H15IN3O-. The Labute approximate surface area is 144 Å². The summed E-state index contributed by atoms with van der Waals surface area (Å²) in [4.78, 5) is 17.1. The fourth-order valence-electron chi connectivity index (χ4n) is 3.58. The van der Waals surface area contributed by atoms with Crippen LogP contribution in [-0.2, 0) is 11.2 Å². The van der Waals surface area contributed by atoms with Crippen LogP contribution in [0.15, 0.2) is 42.9 Å². The summed E-state index contributed by atoms with van der Waals surface area (Å²) in [6, 6.07) is 10.3. The first-order valence-electron chi connectivity index (χ1n) is 7.82. The number of rotatable bonds is 2. The van der Waals surface area contributed by atoms with Crippen molar-refractivity contribution < 1.29 is 26.0 Å². The molecular weight excluding hydrogens is 401 g/mol. The van der Waals surface area contributed by atoms with Gasteiger partial charge >= 0.3 is 144 Å². The number of hydrogen-bond acceptors (Lipinski definition) is 3. The fraction of sp³-hybridized carbons (Fsp3) is 0.278. The number of carbonyl (C=O) groups excluding carboxylic acids is 1. The third-order valence-electron chi connectivity index (χ3n) is 4.80. The predicted octanol–water partition coefficient (Wildman–Crippen LogP) is -0.480. The number of halogens is 1. The van der Waals surface area contributed by atoms with Crippen molar-refractivity contribution in [3.05, 3.63) is 65.2 Å². The fourth-order valence-corrected chi connectivity index (χ4v) is 5.67. The van der Waals surface area contributed by atoms with Crippen LogP contribution < -0.4 is 21.2 Å². The molecule has 2 atom stereocenters. The SMILES string of the molecule is O=C1Cc2ccccc2C1c1ncnn2cc(C3CC[I-]3)cc12. The Kier molecular flexibility index (Phi) is 3.04. The topological polar surface area (TPSA) is 47.3 Å². The molecule has 1 aliphatic carbocycles. The van der Waals surface area contributed by atoms with E-state index in [0.29, 0.717) is 27.6 Å². The summed E-state index contributed by atoms with van der Waals surface area (Å²) >= 11 is 0.308. The summed E-state index contributed by atoms with van der Waals surface area (Å²) in [6.07, 6.45) is 5.53. The van der Waals surface area contributed by atoms with E-state index in [9.17, 15) is 4.79 Å². The average molecular weight is 416 g/mol. The standard InChI is InChI=1S/C18H15IN3O/c23-16-8-11-3-1-2-4-13(11)17(16)18-15-7-12(14-5-6-19-14)9-22(15)21-10-20-18/h1-4,7,9-10,14,17H,5-6,8H2/q-1. The van der Waals surface area contributed by atoms with E-state index in [-0.39, 0.29) is 11.7 Å². The van der Waals surface area contributed by atoms with E-state index in [1.807, 2.05) is 22.7 Å². The van der Waals surface area contributed by atoms with E-state index >= 15 is 0 Å². The second kappa shape index (κ2) is 5.12. The summed E-state index contributed by atoms with van der Waals surface area (Å²) in [5.41, 5.74) is 5.48. The summed E-state index contributed by atoms with van der Waals surface area (Å²) in [6.45, 7) is 0. The van der Waals surface area contributed by atoms with Crippen LogP contribution >= 0.6 is 0 Å². The summed E-state index contributed by atoms with van der Waals surface area (Å²) in [5, 5.41) is 4.36. The molecule has 3 aromatic rings. The van der Waals surface area contributed by atoms with Crippen molar-refractivity contribution in [3.8, 4) is 0 Å². The van der Waals surface area contributed by atoms with Crippen LogP contribution in [-0.4, -0.2) is 24.8 Å². The molecule has 1 fully saturated rings. The van der Waals surface area contributed by atoms with Crippen LogP contribution in [0.4, 0.5) is 0 Å². The van der Waals surface area contributed by atoms with Crippen LogP contribution in [0.5, 0.6) is 0 Å². The second-order valence-electron chi connectivity index (χ2n) is 6.12. The van der Waals surface area contributed by atoms with Gasteiger partial charge in [-0.15, -0.1) is 0 Å². The van der Waals surface area contributed by atoms with E-state index in [4.69, 9.17) is 0 Å². The maximum absolute atomic E-state index is 12.6. The molecule has 5 heteroatoms. The van der Waals surface area contributed by atoms with Gasteiger partial charge in [0, 0.05) is 0 Å². The van der Waals surface area contributed by atoms with Crippen molar-refractivity contribution in [3.63, 3.8) is 0 Å². The molecule has 2 unspecified atom stereocenters. The Morgan fingerprint density at radius 3 is 2.96 bits per heavy atom. The molecule has 0 radical (unpaired) electrons. The molecule has 1 aliphatic heterocycles. The zero-order valence-electron chi connectivity index (χ0n) is 12.4. The third kappa shape index (κ3) is 2.06. The molecule has 0 saturated carbocycles. The molecule has 0 spiro atoms. The summed E-state index contributed by atoms with van der Waals surface area (Å²) in [5.74, 6) is 0.00107. The first-order valence-corrected chi connectivity index (χ1v) is 10.6. The Hall–Kier alpha value is -1.76. The van der Waals surface area contributed by atoms with Gasteiger partial charge in [-0.05, 0) is 0 Å². The van der Waals surface area contributed by atoms with Crippen molar-refractivity contribution in [2.75, 3.05) is 4.43 Å². The Morgan fingerprint density at radius 1 is 1.26 bits per heavy atom. The number of carbonyl (C=O) groups is 1. The van der Waals surface area contributed by atoms with Gasteiger partial charge < -0.3 is 0 Å². The Balaban J connectivity index is 1.68. The number of aromatic nitrogens is 3. The van der Waals surface area contributed by atoms with Crippen LogP contribution in [0.1, 0.15) is 38.6 Å². The number of hydrogen-bond donors (Lipinski definition) is 0. The van der Waals surface area contributed by atoms with Crippen molar-refractivity contribution >= 4 is 11.3 Å². The zero-order chi connectivity index (χ0) is 15.4. The minimum atomic E-state index is -0.240. The van der Waals surface area contributed by atoms with E-state index in [1.54, 1.807) is 6.33 Å². The van der Waals surface area contributed by atoms with Crippen LogP contribution in [0, 0.1) is 0 Å². The zero-order valence-corrected chi connectivity index (χ0v) is 14.6. The Bertz CT molecular complexity index is 929. The summed E-state index contributed by atoms with van der Waals surface area (Å²) in [7, 11) is 0. The molecule has 0 bridgehead atoms. The van der Waals surface area contributed by atoms with Crippen molar-refractivity contribution in [2.45, 2.75) is 22.7 Å². The molecule has 3 heterocycles. The number of ketones is 1. The van der Waals surface area contributed by atoms with E-state index in [1.165, 1.54) is 16.4 Å². The van der Waals surface area contributed by atoms with Gasteiger partial charge in [-0.3, -0.25) is 0 Å². The number of benzene rings is 1. The van der Waals surface area contributed by atoms with Gasteiger partial charge in [0.2, 0.25) is 0 Å². The van der Waals surface area contributed by atoms with Crippen molar-refractivity contribution in [1.29, 1.82) is 0 Å². The van der Waals surface area contributed by atoms with Crippen molar-refractivity contribution in [2.24, 2.45) is 0 Å². The maximum atomic E-state index is 12.6. The van der Waals surface area contributed by atoms with Gasteiger partial charge in [0.05, 0.1) is 0 Å². The predicted molar refractivity (Wildman–Crippen MR) is 82.2 cm³/mol. The number of nitrogens with zero attached hydrogens (tertiary/aromatic N) is 3. The van der Waals surface area contributed by atoms with Gasteiger partial charge in [-0.1, -0.05) is 0 Å². The molecule has 23 heavy (non-hydrogen) atoms. The normalized spacial score (nSPS) is 23.4. The van der Waals surface area contributed by atoms with Crippen LogP contribution in [0.25, 0.3) is 5.52 Å². The van der Waals surface area contributed by atoms with Gasteiger partial charge in [0.1, 0.15) is 0 Å². The minimum absolute atomic E-state index is 0.240. The number of Topliss-reactive ketones (excluding diaryl/α,β-unsaturated/α-hetero) is 1. The van der Waals surface area contributed by atoms with E-state index < -0.39 is 0 Å². The summed E-state index contributed by atoms with van der Waals surface area (Å²) < 4.78 is 4.09. The van der Waals surface area contributed by atoms with E-state index in [2.05, 4.69) is 28.4 Å². The van der Waals surface area contributed by atoms with Crippen LogP contribution in [0.3, 0.4) is 0 Å². The molecule has 2 aliphatic rings. The van der Waals surface area contributed by atoms with Gasteiger partial charge in [-0.2, -0.15) is 0 Å². The average Bonchev–Trinajstić information content (AvgIpc) is 3.05. The molecule has 2 aromatic heterocycles. The molecule has 0 N–H and O–H groups in total. The molecule has 5 rings (SSSR count). The number of fused-ring (bicyclic) bond motifs is 2. The van der Waals surface area contributed by atoms with Crippen molar-refractivity contribution in [1.82, 2.24) is 14.6 Å². The first kappa shape index (κ1) is 13.7. The molecule has 1 saturated heterocycles. The second-order valence-corrected chi connectivity index (χ2v) is 9.59. The number of alkyl halides is 2. The van der Waals surface area contributed by atoms with Crippen LogP contribution in [0.2, 0.25) is 0 Å². The monoisotopic (exact) mass is 416 g/mol. The van der Waals surface area contributed by atoms with Gasteiger partial charge in [0.25, 0.3) is 0 Å². The molecule has 4 nitrogen and oxygen atoms in total. The molecule has 0 amide bonds. The Morgan fingerprint density at radius 2 is 2.13 bits per heavy atom. The molecule has 116 valence electrons. The third-order valence-corrected chi connectivity index (χ3v) is 8.45. The quantitative estimate of drug-likeness (QED) is 0.419. The first-order chi connectivity index (χ1) is 11.3. The van der Waals surface area contributed by atoms with Gasteiger partial charge in [0.15, 0.2) is 0 Å². The molecule has 1 aromatic carbocycles. The van der Waals surface area contributed by atoms with E-state index in [0.717, 1.165) is 26.3 Å². The van der Waals surface area contributed by atoms with Gasteiger partial charge in [-0.25, -0.2) is 0 Å².